The van der Waals surface area contributed by atoms with Crippen LogP contribution in [-0.4, -0.2) is 35.4 Å². The van der Waals surface area contributed by atoms with Crippen molar-refractivity contribution >= 4 is 11.7 Å². The Morgan fingerprint density at radius 3 is 2.47 bits per heavy atom. The molecule has 0 spiro atoms. The van der Waals surface area contributed by atoms with Crippen molar-refractivity contribution in [3.05, 3.63) is 68.6 Å². The fourth-order valence-corrected chi connectivity index (χ4v) is 4.83. The number of fused-ring (bicyclic) bond motifs is 3. The Bertz CT molecular complexity index is 1430. The van der Waals surface area contributed by atoms with E-state index in [1.54, 1.807) is 16.2 Å². The second-order valence-corrected chi connectivity index (χ2v) is 8.97. The van der Waals surface area contributed by atoms with Gasteiger partial charge in [-0.05, 0) is 62.9 Å². The van der Waals surface area contributed by atoms with Crippen LogP contribution in [0.3, 0.4) is 0 Å². The molecule has 2 amide bonds. The normalized spacial score (nSPS) is 12.6. The Kier molecular flexibility index (Phi) is 7.19. The summed E-state index contributed by atoms with van der Waals surface area (Å²) in [6, 6.07) is 9.37. The zero-order chi connectivity index (χ0) is 26.0. The van der Waals surface area contributed by atoms with E-state index in [2.05, 4.69) is 17.4 Å². The number of primary amides is 1. The van der Waals surface area contributed by atoms with Crippen LogP contribution in [0.2, 0.25) is 0 Å². The smallest absolute Gasteiger partial charge is 0.330 e. The monoisotopic (exact) mass is 491 g/mol. The number of rotatable bonds is 7. The highest BCUT2D eigenvalue weighted by Gasteiger charge is 2.22. The molecule has 0 unspecified atom stereocenters. The van der Waals surface area contributed by atoms with E-state index in [1.165, 1.54) is 0 Å². The molecule has 4 rings (SSSR count). The number of nitrogens with two attached hydrogens (primary N) is 1. The minimum Gasteiger partial charge on any atom is -0.493 e. The summed E-state index contributed by atoms with van der Waals surface area (Å²) in [6.07, 6.45) is 0.678. The lowest BCUT2D eigenvalue weighted by Crippen LogP contribution is -2.44. The molecule has 36 heavy (non-hydrogen) atoms. The van der Waals surface area contributed by atoms with Crippen molar-refractivity contribution in [2.24, 2.45) is 10.7 Å². The number of nitrogens with one attached hydrogen (secondary N) is 1. The molecule has 3 aromatic rings. The number of hydrogen-bond donors (Lipinski definition) is 2. The van der Waals surface area contributed by atoms with Gasteiger partial charge in [-0.25, -0.2) is 14.6 Å². The van der Waals surface area contributed by atoms with Crippen LogP contribution >= 0.6 is 0 Å². The van der Waals surface area contributed by atoms with E-state index in [9.17, 15) is 9.59 Å². The Morgan fingerprint density at radius 1 is 1.11 bits per heavy atom. The van der Waals surface area contributed by atoms with Crippen LogP contribution < -0.4 is 31.7 Å². The van der Waals surface area contributed by atoms with Crippen molar-refractivity contribution in [2.75, 3.05) is 20.3 Å². The van der Waals surface area contributed by atoms with Gasteiger partial charge in [0.15, 0.2) is 11.5 Å². The molecule has 9 heteroatoms. The number of aromatic nitrogens is 2. The van der Waals surface area contributed by atoms with Crippen molar-refractivity contribution in [3.63, 3.8) is 0 Å². The van der Waals surface area contributed by atoms with Crippen LogP contribution in [0.25, 0.3) is 11.3 Å². The maximum Gasteiger partial charge on any atom is 0.330 e. The Labute approximate surface area is 210 Å². The zero-order valence-corrected chi connectivity index (χ0v) is 21.5. The molecule has 1 aliphatic rings. The first kappa shape index (κ1) is 25.1. The van der Waals surface area contributed by atoms with E-state index in [0.717, 1.165) is 39.2 Å². The van der Waals surface area contributed by atoms with Crippen LogP contribution in [0.15, 0.2) is 40.1 Å². The minimum atomic E-state index is -0.635. The highest BCUT2D eigenvalue weighted by Crippen LogP contribution is 2.37. The van der Waals surface area contributed by atoms with Gasteiger partial charge in [0.25, 0.3) is 0 Å². The fourth-order valence-electron chi connectivity index (χ4n) is 4.83. The van der Waals surface area contributed by atoms with E-state index >= 15 is 0 Å². The second-order valence-electron chi connectivity index (χ2n) is 8.97. The number of carbonyl (C=O) groups is 1. The average molecular weight is 492 g/mol. The van der Waals surface area contributed by atoms with Crippen LogP contribution in [-0.2, 0) is 19.5 Å². The van der Waals surface area contributed by atoms with E-state index in [1.807, 2.05) is 45.9 Å². The average Bonchev–Trinajstić information content (AvgIpc) is 2.82. The van der Waals surface area contributed by atoms with Gasteiger partial charge >= 0.3 is 11.7 Å². The maximum absolute atomic E-state index is 13.7. The molecule has 0 bridgehead atoms. The Balaban J connectivity index is 1.97. The van der Waals surface area contributed by atoms with Crippen LogP contribution in [0.4, 0.5) is 10.5 Å². The van der Waals surface area contributed by atoms with Crippen LogP contribution in [0, 0.1) is 20.8 Å². The molecule has 3 N–H and O–H groups in total. The van der Waals surface area contributed by atoms with E-state index in [4.69, 9.17) is 20.2 Å². The first-order chi connectivity index (χ1) is 17.2. The van der Waals surface area contributed by atoms with Gasteiger partial charge in [0.1, 0.15) is 5.49 Å². The largest absolute Gasteiger partial charge is 0.493 e. The SMILES string of the molecule is CCOc1cc2c(cc1OC)CCn1c-2cc(=Nc2c(C)cc(C)cc2C)n(CCNC(N)=O)c1=O. The summed E-state index contributed by atoms with van der Waals surface area (Å²) in [5.41, 5.74) is 12.3. The summed E-state index contributed by atoms with van der Waals surface area (Å²) in [5, 5.41) is 2.57. The zero-order valence-electron chi connectivity index (χ0n) is 21.5. The Hall–Kier alpha value is -4.01. The molecular weight excluding hydrogens is 458 g/mol. The highest BCUT2D eigenvalue weighted by molar-refractivity contribution is 5.71. The molecule has 1 aliphatic heterocycles. The molecule has 2 aromatic carbocycles. The lowest BCUT2D eigenvalue weighted by atomic mass is 9.97. The number of ether oxygens (including phenoxy) is 2. The topological polar surface area (TPSA) is 113 Å². The third-order valence-corrected chi connectivity index (χ3v) is 6.36. The molecule has 0 saturated carbocycles. The summed E-state index contributed by atoms with van der Waals surface area (Å²) in [7, 11) is 1.62. The van der Waals surface area contributed by atoms with Gasteiger partial charge in [0.05, 0.1) is 25.1 Å². The fraction of sp³-hybridized carbons (Fsp3) is 0.370. The van der Waals surface area contributed by atoms with Gasteiger partial charge in [-0.15, -0.1) is 0 Å². The van der Waals surface area contributed by atoms with Crippen LogP contribution in [0.5, 0.6) is 11.5 Å². The van der Waals surface area contributed by atoms with Gasteiger partial charge in [-0.2, -0.15) is 0 Å². The number of urea groups is 1. The van der Waals surface area contributed by atoms with Crippen molar-refractivity contribution in [3.8, 4) is 22.8 Å². The predicted molar refractivity (Wildman–Crippen MR) is 139 cm³/mol. The number of hydrogen-bond acceptors (Lipinski definition) is 5. The summed E-state index contributed by atoms with van der Waals surface area (Å²) < 4.78 is 14.7. The third-order valence-electron chi connectivity index (χ3n) is 6.36. The van der Waals surface area contributed by atoms with Crippen molar-refractivity contribution in [1.29, 1.82) is 0 Å². The van der Waals surface area contributed by atoms with Crippen molar-refractivity contribution in [1.82, 2.24) is 14.5 Å². The molecule has 0 saturated heterocycles. The van der Waals surface area contributed by atoms with Crippen LogP contribution in [0.1, 0.15) is 29.2 Å². The number of carbonyl (C=O) groups excluding carboxylic acids is 1. The number of benzene rings is 2. The van der Waals surface area contributed by atoms with Gasteiger partial charge in [-0.1, -0.05) is 17.7 Å². The third kappa shape index (κ3) is 4.86. The van der Waals surface area contributed by atoms with E-state index in [-0.39, 0.29) is 18.8 Å². The molecule has 0 radical (unpaired) electrons. The molecular formula is C27H33N5O4. The van der Waals surface area contributed by atoms with Gasteiger partial charge in [0.2, 0.25) is 0 Å². The first-order valence-electron chi connectivity index (χ1n) is 12.1. The number of methoxy groups -OCH3 is 1. The molecule has 0 aliphatic carbocycles. The quantitative estimate of drug-likeness (QED) is 0.529. The molecule has 1 aromatic heterocycles. The van der Waals surface area contributed by atoms with Gasteiger partial charge in [0, 0.05) is 31.3 Å². The second kappa shape index (κ2) is 10.3. The highest BCUT2D eigenvalue weighted by atomic mass is 16.5. The molecule has 9 nitrogen and oxygen atoms in total. The van der Waals surface area contributed by atoms with Gasteiger partial charge in [-0.3, -0.25) is 9.13 Å². The Morgan fingerprint density at radius 2 is 1.83 bits per heavy atom. The number of nitrogens with zero attached hydrogens (tertiary/aromatic N) is 3. The molecule has 0 fully saturated rings. The summed E-state index contributed by atoms with van der Waals surface area (Å²) >= 11 is 0. The summed E-state index contributed by atoms with van der Waals surface area (Å²) in [5.74, 6) is 1.30. The molecule has 0 atom stereocenters. The van der Waals surface area contributed by atoms with Gasteiger partial charge < -0.3 is 20.5 Å². The number of aryl methyl sites for hydroxylation is 4. The molecule has 190 valence electrons. The summed E-state index contributed by atoms with van der Waals surface area (Å²) in [6.45, 7) is 9.46. The van der Waals surface area contributed by atoms with E-state index < -0.39 is 6.03 Å². The maximum atomic E-state index is 13.7. The standard InChI is InChI=1S/C27H33N5O4/c1-6-36-23-14-20-19(13-22(23)35-5)7-9-31-21(20)15-24(32(27(31)34)10-8-29-26(28)33)30-25-17(3)11-16(2)12-18(25)4/h11-15H,6-10H2,1-5H3,(H3,28,29,33). The molecule has 2 heterocycles. The van der Waals surface area contributed by atoms with Crippen molar-refractivity contribution < 1.29 is 14.3 Å². The predicted octanol–water partition coefficient (Wildman–Crippen LogP) is 3.11. The summed E-state index contributed by atoms with van der Waals surface area (Å²) in [4.78, 5) is 29.9. The minimum absolute atomic E-state index is 0.195. The first-order valence-corrected chi connectivity index (χ1v) is 12.1. The number of amides is 2. The van der Waals surface area contributed by atoms with E-state index in [0.29, 0.717) is 36.6 Å². The lowest BCUT2D eigenvalue weighted by Gasteiger charge is -2.25. The van der Waals surface area contributed by atoms with Crippen molar-refractivity contribution in [2.45, 2.75) is 47.2 Å². The lowest BCUT2D eigenvalue weighted by molar-refractivity contribution is 0.248.